The Morgan fingerprint density at radius 2 is 1.90 bits per heavy atom. The molecule has 20 heavy (non-hydrogen) atoms. The summed E-state index contributed by atoms with van der Waals surface area (Å²) in [6, 6.07) is 5.20. The summed E-state index contributed by atoms with van der Waals surface area (Å²) in [4.78, 5) is 37.0. The Morgan fingerprint density at radius 3 is 2.50 bits per heavy atom. The third-order valence-corrected chi connectivity index (χ3v) is 2.94. The Hall–Kier alpha value is -2.17. The van der Waals surface area contributed by atoms with Crippen LogP contribution in [0.25, 0.3) is 0 Å². The molecule has 0 radical (unpaired) electrons. The van der Waals surface area contributed by atoms with Crippen LogP contribution in [-0.4, -0.2) is 29.7 Å². The number of ketones is 1. The zero-order valence-corrected chi connectivity index (χ0v) is 12.1. The molecule has 1 aromatic rings. The van der Waals surface area contributed by atoms with Crippen LogP contribution in [0, 0.1) is 6.92 Å². The molecule has 0 aliphatic carbocycles. The molecule has 1 aliphatic rings. The molecule has 1 aromatic carbocycles. The standard InChI is InChI=1S/C15H18N2O3/c1-9-5-6-11-10(7-9)13(19)14(20)17(11)8-12(18)16-15(2,3)4/h5-7H,8H2,1-4H3,(H,16,18). The van der Waals surface area contributed by atoms with Crippen molar-refractivity contribution < 1.29 is 14.4 Å². The summed E-state index contributed by atoms with van der Waals surface area (Å²) in [5, 5.41) is 2.78. The van der Waals surface area contributed by atoms with Gasteiger partial charge in [0.25, 0.3) is 11.7 Å². The molecular formula is C15H18N2O3. The molecule has 1 aliphatic heterocycles. The third kappa shape index (κ3) is 2.71. The maximum absolute atomic E-state index is 12.0. The van der Waals surface area contributed by atoms with E-state index < -0.39 is 11.7 Å². The van der Waals surface area contributed by atoms with Crippen LogP contribution in [0.15, 0.2) is 18.2 Å². The molecule has 0 fully saturated rings. The van der Waals surface area contributed by atoms with Gasteiger partial charge in [-0.25, -0.2) is 0 Å². The molecule has 1 N–H and O–H groups in total. The SMILES string of the molecule is Cc1ccc2c(c1)C(=O)C(=O)N2CC(=O)NC(C)(C)C. The minimum atomic E-state index is -0.644. The van der Waals surface area contributed by atoms with Crippen molar-refractivity contribution >= 4 is 23.3 Å². The third-order valence-electron chi connectivity index (χ3n) is 2.94. The van der Waals surface area contributed by atoms with Crippen molar-refractivity contribution in [1.29, 1.82) is 0 Å². The summed E-state index contributed by atoms with van der Waals surface area (Å²) in [5.74, 6) is -1.48. The number of hydrogen-bond acceptors (Lipinski definition) is 3. The minimum Gasteiger partial charge on any atom is -0.350 e. The van der Waals surface area contributed by atoms with Crippen LogP contribution in [-0.2, 0) is 9.59 Å². The molecule has 0 spiro atoms. The van der Waals surface area contributed by atoms with E-state index in [1.165, 1.54) is 4.90 Å². The maximum Gasteiger partial charge on any atom is 0.299 e. The van der Waals surface area contributed by atoms with E-state index >= 15 is 0 Å². The van der Waals surface area contributed by atoms with Crippen molar-refractivity contribution in [3.05, 3.63) is 29.3 Å². The number of anilines is 1. The lowest BCUT2D eigenvalue weighted by atomic mass is 10.1. The highest BCUT2D eigenvalue weighted by molar-refractivity contribution is 6.52. The zero-order valence-electron chi connectivity index (χ0n) is 12.1. The predicted octanol–water partition coefficient (Wildman–Crippen LogP) is 1.44. The number of aryl methyl sites for hydroxylation is 1. The molecule has 0 saturated heterocycles. The lowest BCUT2D eigenvalue weighted by Crippen LogP contribution is -2.47. The fraction of sp³-hybridized carbons (Fsp3) is 0.400. The van der Waals surface area contributed by atoms with E-state index in [4.69, 9.17) is 0 Å². The molecule has 0 saturated carbocycles. The van der Waals surface area contributed by atoms with Gasteiger partial charge >= 0.3 is 0 Å². The number of carbonyl (C=O) groups excluding carboxylic acids is 3. The van der Waals surface area contributed by atoms with Gasteiger partial charge in [0, 0.05) is 5.54 Å². The molecule has 0 atom stereocenters. The first-order valence-electron chi connectivity index (χ1n) is 6.47. The molecular weight excluding hydrogens is 256 g/mol. The normalized spacial score (nSPS) is 14.5. The average molecular weight is 274 g/mol. The van der Waals surface area contributed by atoms with Crippen molar-refractivity contribution in [2.45, 2.75) is 33.2 Å². The number of carbonyl (C=O) groups is 3. The maximum atomic E-state index is 12.0. The summed E-state index contributed by atoms with van der Waals surface area (Å²) in [5.41, 5.74) is 1.42. The van der Waals surface area contributed by atoms with Crippen molar-refractivity contribution in [3.63, 3.8) is 0 Å². The quantitative estimate of drug-likeness (QED) is 0.830. The highest BCUT2D eigenvalue weighted by Crippen LogP contribution is 2.29. The number of nitrogens with zero attached hydrogens (tertiary/aromatic N) is 1. The van der Waals surface area contributed by atoms with Crippen molar-refractivity contribution in [2.24, 2.45) is 0 Å². The monoisotopic (exact) mass is 274 g/mol. The van der Waals surface area contributed by atoms with E-state index in [1.54, 1.807) is 12.1 Å². The van der Waals surface area contributed by atoms with Crippen LogP contribution in [0.1, 0.15) is 36.7 Å². The summed E-state index contributed by atoms with van der Waals surface area (Å²) in [6.07, 6.45) is 0. The van der Waals surface area contributed by atoms with Gasteiger partial charge in [0.15, 0.2) is 0 Å². The number of amides is 2. The largest absolute Gasteiger partial charge is 0.350 e. The Labute approximate surface area is 118 Å². The number of rotatable bonds is 2. The Balaban J connectivity index is 2.24. The van der Waals surface area contributed by atoms with Crippen LogP contribution in [0.2, 0.25) is 0 Å². The van der Waals surface area contributed by atoms with E-state index in [0.717, 1.165) is 5.56 Å². The predicted molar refractivity (Wildman–Crippen MR) is 75.8 cm³/mol. The first kappa shape index (κ1) is 14.2. The van der Waals surface area contributed by atoms with Crippen LogP contribution in [0.5, 0.6) is 0 Å². The molecule has 0 bridgehead atoms. The average Bonchev–Trinajstić information content (AvgIpc) is 2.52. The van der Waals surface area contributed by atoms with E-state index in [9.17, 15) is 14.4 Å². The second-order valence-corrected chi connectivity index (χ2v) is 6.04. The number of fused-ring (bicyclic) bond motifs is 1. The van der Waals surface area contributed by atoms with Gasteiger partial charge in [-0.2, -0.15) is 0 Å². The molecule has 0 unspecified atom stereocenters. The van der Waals surface area contributed by atoms with Crippen LogP contribution < -0.4 is 10.2 Å². The van der Waals surface area contributed by atoms with E-state index in [2.05, 4.69) is 5.32 Å². The van der Waals surface area contributed by atoms with Gasteiger partial charge in [-0.3, -0.25) is 19.3 Å². The Morgan fingerprint density at radius 1 is 1.25 bits per heavy atom. The van der Waals surface area contributed by atoms with Gasteiger partial charge in [-0.05, 0) is 39.8 Å². The molecule has 2 amide bonds. The van der Waals surface area contributed by atoms with E-state index in [0.29, 0.717) is 11.3 Å². The molecule has 2 rings (SSSR count). The number of Topliss-reactive ketones (excluding diaryl/α,β-unsaturated/α-hetero) is 1. The smallest absolute Gasteiger partial charge is 0.299 e. The zero-order chi connectivity index (χ0) is 15.1. The second kappa shape index (κ2) is 4.74. The van der Waals surface area contributed by atoms with Crippen molar-refractivity contribution in [1.82, 2.24) is 5.32 Å². The number of hydrogen-bond donors (Lipinski definition) is 1. The van der Waals surface area contributed by atoms with Crippen LogP contribution >= 0.6 is 0 Å². The van der Waals surface area contributed by atoms with Gasteiger partial charge in [0.05, 0.1) is 11.3 Å². The molecule has 0 aromatic heterocycles. The number of benzene rings is 1. The van der Waals surface area contributed by atoms with Crippen molar-refractivity contribution in [3.8, 4) is 0 Å². The highest BCUT2D eigenvalue weighted by Gasteiger charge is 2.37. The first-order chi connectivity index (χ1) is 9.19. The fourth-order valence-corrected chi connectivity index (χ4v) is 2.17. The van der Waals surface area contributed by atoms with Crippen LogP contribution in [0.4, 0.5) is 5.69 Å². The van der Waals surface area contributed by atoms with Gasteiger partial charge in [-0.15, -0.1) is 0 Å². The Kier molecular flexibility index (Phi) is 3.38. The molecule has 5 heteroatoms. The molecule has 5 nitrogen and oxygen atoms in total. The highest BCUT2D eigenvalue weighted by atomic mass is 16.2. The fourth-order valence-electron chi connectivity index (χ4n) is 2.17. The van der Waals surface area contributed by atoms with Gasteiger partial charge in [0.2, 0.25) is 5.91 Å². The van der Waals surface area contributed by atoms with Gasteiger partial charge in [0.1, 0.15) is 6.54 Å². The Bertz CT molecular complexity index is 600. The van der Waals surface area contributed by atoms with E-state index in [1.807, 2.05) is 33.8 Å². The minimum absolute atomic E-state index is 0.141. The van der Waals surface area contributed by atoms with Gasteiger partial charge < -0.3 is 5.32 Å². The van der Waals surface area contributed by atoms with E-state index in [-0.39, 0.29) is 18.0 Å². The summed E-state index contributed by atoms with van der Waals surface area (Å²) < 4.78 is 0. The summed E-state index contributed by atoms with van der Waals surface area (Å²) in [6.45, 7) is 7.29. The summed E-state index contributed by atoms with van der Waals surface area (Å²) >= 11 is 0. The topological polar surface area (TPSA) is 66.5 Å². The van der Waals surface area contributed by atoms with Crippen molar-refractivity contribution in [2.75, 3.05) is 11.4 Å². The van der Waals surface area contributed by atoms with Crippen LogP contribution in [0.3, 0.4) is 0 Å². The molecule has 106 valence electrons. The lowest BCUT2D eigenvalue weighted by molar-refractivity contribution is -0.123. The lowest BCUT2D eigenvalue weighted by Gasteiger charge is -2.23. The summed E-state index contributed by atoms with van der Waals surface area (Å²) in [7, 11) is 0. The van der Waals surface area contributed by atoms with Gasteiger partial charge in [-0.1, -0.05) is 11.6 Å². The second-order valence-electron chi connectivity index (χ2n) is 6.04. The first-order valence-corrected chi connectivity index (χ1v) is 6.47. The number of nitrogens with one attached hydrogen (secondary N) is 1. The molecule has 1 heterocycles.